The highest BCUT2D eigenvalue weighted by molar-refractivity contribution is 7.47. The summed E-state index contributed by atoms with van der Waals surface area (Å²) in [5.74, 6) is -0.804. The number of hydrogen-bond donors (Lipinski definition) is 1. The zero-order valence-electron chi connectivity index (χ0n) is 41.4. The molecule has 0 fully saturated rings. The number of hydrogen-bond acceptors (Lipinski definition) is 7. The van der Waals surface area contributed by atoms with E-state index in [1.807, 2.05) is 21.1 Å². The van der Waals surface area contributed by atoms with Crippen molar-refractivity contribution in [1.82, 2.24) is 0 Å². The van der Waals surface area contributed by atoms with Crippen molar-refractivity contribution in [3.05, 3.63) is 24.3 Å². The second-order valence-corrected chi connectivity index (χ2v) is 20.4. The van der Waals surface area contributed by atoms with E-state index in [-0.39, 0.29) is 25.6 Å². The number of esters is 2. The molecule has 0 aromatic carbocycles. The minimum atomic E-state index is -4.38. The lowest BCUT2D eigenvalue weighted by Gasteiger charge is -2.24. The summed E-state index contributed by atoms with van der Waals surface area (Å²) in [7, 11) is 1.48. The molecule has 2 atom stereocenters. The molecule has 0 aliphatic rings. The first-order chi connectivity index (χ1) is 30.0. The minimum Gasteiger partial charge on any atom is -0.462 e. The Balaban J connectivity index is 4.11. The number of ether oxygens (including phenoxy) is 2. The third kappa shape index (κ3) is 48.0. The highest BCUT2D eigenvalue weighted by atomic mass is 31.2. The Kier molecular flexibility index (Phi) is 43.6. The van der Waals surface area contributed by atoms with Gasteiger partial charge in [-0.05, 0) is 38.5 Å². The van der Waals surface area contributed by atoms with Crippen LogP contribution in [0.15, 0.2) is 24.3 Å². The van der Waals surface area contributed by atoms with Crippen molar-refractivity contribution in [2.24, 2.45) is 0 Å². The fourth-order valence-electron chi connectivity index (χ4n) is 7.41. The Bertz CT molecular complexity index is 1110. The first-order valence-electron chi connectivity index (χ1n) is 26.1. The number of nitrogens with zero attached hydrogens (tertiary/aromatic N) is 1. The molecule has 0 saturated heterocycles. The molecule has 0 aromatic rings. The Morgan fingerprint density at radius 2 is 0.903 bits per heavy atom. The number of quaternary nitrogens is 1. The molecule has 9 nitrogen and oxygen atoms in total. The lowest BCUT2D eigenvalue weighted by molar-refractivity contribution is -0.870. The van der Waals surface area contributed by atoms with Gasteiger partial charge >= 0.3 is 19.8 Å². The number of carbonyl (C=O) groups excluding carboxylic acids is 2. The van der Waals surface area contributed by atoms with Crippen LogP contribution in [0.25, 0.3) is 0 Å². The fourth-order valence-corrected chi connectivity index (χ4v) is 8.15. The molecular formula is C52H101NO8P+. The zero-order valence-corrected chi connectivity index (χ0v) is 42.3. The molecule has 0 amide bonds. The molecular weight excluding hydrogens is 798 g/mol. The van der Waals surface area contributed by atoms with Crippen LogP contribution in [-0.4, -0.2) is 74.9 Å². The summed E-state index contributed by atoms with van der Waals surface area (Å²) in [6.45, 7) is 4.38. The van der Waals surface area contributed by atoms with E-state index in [1.165, 1.54) is 148 Å². The highest BCUT2D eigenvalue weighted by Gasteiger charge is 2.27. The predicted molar refractivity (Wildman–Crippen MR) is 261 cm³/mol. The molecule has 0 bridgehead atoms. The standard InChI is InChI=1S/C52H100NO8P/c1-6-8-10-12-14-16-18-20-21-22-23-24-25-26-27-28-29-30-31-33-34-36-38-40-42-44-51(54)58-48-50(49-60-62(56,57)59-47-46-53(3,4)5)61-52(55)45-43-41-39-37-35-32-19-17-15-13-11-9-7-2/h11,13,17,19,50H,6-10,12,14-16,18,20-49H2,1-5H3/p+1/b13-11-,19-17-. The molecule has 0 aliphatic carbocycles. The third-order valence-corrected chi connectivity index (χ3v) is 12.4. The SMILES string of the molecule is CCC/C=C\C/C=C\CCCCCCCC(=O)OC(COC(=O)CCCCCCCCCCCCCCCCCCCCCCCCCCC)COP(=O)(O)OCC[N+](C)(C)C. The normalized spacial score (nSPS) is 13.6. The molecule has 10 heteroatoms. The molecule has 0 spiro atoms. The van der Waals surface area contributed by atoms with Crippen LogP contribution in [0, 0.1) is 0 Å². The molecule has 1 N–H and O–H groups in total. The van der Waals surface area contributed by atoms with Crippen LogP contribution >= 0.6 is 7.82 Å². The monoisotopic (exact) mass is 899 g/mol. The number of phosphoric acid groups is 1. The van der Waals surface area contributed by atoms with Gasteiger partial charge in [-0.1, -0.05) is 218 Å². The second-order valence-electron chi connectivity index (χ2n) is 18.9. The lowest BCUT2D eigenvalue weighted by atomic mass is 10.0. The van der Waals surface area contributed by atoms with E-state index in [9.17, 15) is 19.0 Å². The van der Waals surface area contributed by atoms with Crippen LogP contribution in [0.2, 0.25) is 0 Å². The van der Waals surface area contributed by atoms with Gasteiger partial charge in [-0.3, -0.25) is 18.6 Å². The van der Waals surface area contributed by atoms with Gasteiger partial charge in [-0.15, -0.1) is 0 Å². The Morgan fingerprint density at radius 1 is 0.500 bits per heavy atom. The second kappa shape index (κ2) is 44.7. The quantitative estimate of drug-likeness (QED) is 0.0211. The van der Waals surface area contributed by atoms with Crippen molar-refractivity contribution >= 4 is 19.8 Å². The van der Waals surface area contributed by atoms with E-state index in [1.54, 1.807) is 0 Å². The lowest BCUT2D eigenvalue weighted by Crippen LogP contribution is -2.37. The summed E-state index contributed by atoms with van der Waals surface area (Å²) >= 11 is 0. The van der Waals surface area contributed by atoms with Crippen molar-refractivity contribution in [3.8, 4) is 0 Å². The largest absolute Gasteiger partial charge is 0.472 e. The van der Waals surface area contributed by atoms with E-state index >= 15 is 0 Å². The van der Waals surface area contributed by atoms with Crippen molar-refractivity contribution in [3.63, 3.8) is 0 Å². The van der Waals surface area contributed by atoms with Crippen molar-refractivity contribution in [1.29, 1.82) is 0 Å². The molecule has 2 unspecified atom stereocenters. The average molecular weight is 899 g/mol. The number of unbranched alkanes of at least 4 members (excludes halogenated alkanes) is 30. The van der Waals surface area contributed by atoms with Crippen LogP contribution < -0.4 is 0 Å². The number of rotatable bonds is 48. The van der Waals surface area contributed by atoms with Gasteiger partial charge in [0.05, 0.1) is 27.7 Å². The smallest absolute Gasteiger partial charge is 0.462 e. The topological polar surface area (TPSA) is 108 Å². The highest BCUT2D eigenvalue weighted by Crippen LogP contribution is 2.43. The van der Waals surface area contributed by atoms with Gasteiger partial charge in [-0.25, -0.2) is 4.57 Å². The molecule has 0 heterocycles. The fraction of sp³-hybridized carbons (Fsp3) is 0.885. The van der Waals surface area contributed by atoms with Crippen LogP contribution in [0.3, 0.4) is 0 Å². The van der Waals surface area contributed by atoms with Crippen molar-refractivity contribution < 1.29 is 42.1 Å². The van der Waals surface area contributed by atoms with Gasteiger partial charge in [-0.2, -0.15) is 0 Å². The number of phosphoric ester groups is 1. The van der Waals surface area contributed by atoms with E-state index < -0.39 is 26.5 Å². The van der Waals surface area contributed by atoms with E-state index in [0.717, 1.165) is 64.2 Å². The number of likely N-dealkylation sites (N-methyl/N-ethyl adjacent to an activating group) is 1. The van der Waals surface area contributed by atoms with Gasteiger partial charge in [0.2, 0.25) is 0 Å². The van der Waals surface area contributed by atoms with Gasteiger partial charge in [0.25, 0.3) is 0 Å². The van der Waals surface area contributed by atoms with Crippen LogP contribution in [0.4, 0.5) is 0 Å². The molecule has 0 saturated carbocycles. The van der Waals surface area contributed by atoms with Gasteiger partial charge in [0, 0.05) is 12.8 Å². The summed E-state index contributed by atoms with van der Waals surface area (Å²) in [6.07, 6.45) is 51.0. The summed E-state index contributed by atoms with van der Waals surface area (Å²) in [5, 5.41) is 0. The molecule has 0 rings (SSSR count). The summed E-state index contributed by atoms with van der Waals surface area (Å²) < 4.78 is 34.4. The summed E-state index contributed by atoms with van der Waals surface area (Å²) in [6, 6.07) is 0. The maximum absolute atomic E-state index is 12.7. The molecule has 0 aliphatic heterocycles. The Hall–Kier alpha value is -1.51. The average Bonchev–Trinajstić information content (AvgIpc) is 3.23. The van der Waals surface area contributed by atoms with Gasteiger partial charge < -0.3 is 18.9 Å². The van der Waals surface area contributed by atoms with Crippen LogP contribution in [-0.2, 0) is 32.7 Å². The van der Waals surface area contributed by atoms with Crippen LogP contribution in [0.1, 0.15) is 245 Å². The molecule has 366 valence electrons. The number of allylic oxidation sites excluding steroid dienone is 4. The van der Waals surface area contributed by atoms with E-state index in [0.29, 0.717) is 23.9 Å². The molecule has 0 aromatic heterocycles. The van der Waals surface area contributed by atoms with E-state index in [2.05, 4.69) is 38.2 Å². The van der Waals surface area contributed by atoms with Crippen molar-refractivity contribution in [2.45, 2.75) is 251 Å². The van der Waals surface area contributed by atoms with Gasteiger partial charge in [0.1, 0.15) is 19.8 Å². The zero-order chi connectivity index (χ0) is 45.7. The first kappa shape index (κ1) is 60.5. The van der Waals surface area contributed by atoms with Crippen molar-refractivity contribution in [2.75, 3.05) is 47.5 Å². The first-order valence-corrected chi connectivity index (χ1v) is 27.6. The molecule has 62 heavy (non-hydrogen) atoms. The minimum absolute atomic E-state index is 0.0308. The predicted octanol–water partition coefficient (Wildman–Crippen LogP) is 15.5. The Morgan fingerprint density at radius 3 is 1.34 bits per heavy atom. The summed E-state index contributed by atoms with van der Waals surface area (Å²) in [5.41, 5.74) is 0. The van der Waals surface area contributed by atoms with Gasteiger partial charge in [0.15, 0.2) is 6.10 Å². The Labute approximate surface area is 383 Å². The van der Waals surface area contributed by atoms with E-state index in [4.69, 9.17) is 18.5 Å². The maximum Gasteiger partial charge on any atom is 0.472 e. The maximum atomic E-state index is 12.7. The third-order valence-electron chi connectivity index (χ3n) is 11.5. The van der Waals surface area contributed by atoms with Crippen LogP contribution in [0.5, 0.6) is 0 Å². The summed E-state index contributed by atoms with van der Waals surface area (Å²) in [4.78, 5) is 35.5. The molecule has 0 radical (unpaired) electrons. The number of carbonyl (C=O) groups is 2.